The number of hydrogen-bond acceptors (Lipinski definition) is 5. The van der Waals surface area contributed by atoms with E-state index >= 15 is 0 Å². The number of carbonyl (C=O) groups is 2. The maximum atomic E-state index is 12.0. The van der Waals surface area contributed by atoms with Gasteiger partial charge in [0.2, 0.25) is 15.9 Å². The van der Waals surface area contributed by atoms with E-state index in [1.807, 2.05) is 0 Å². The topological polar surface area (TPSA) is 92.8 Å². The van der Waals surface area contributed by atoms with Gasteiger partial charge in [0.05, 0.1) is 25.5 Å². The Bertz CT molecular complexity index is 682. The zero-order valence-electron chi connectivity index (χ0n) is 12.4. The van der Waals surface area contributed by atoms with Gasteiger partial charge in [0.25, 0.3) is 0 Å². The molecule has 1 N–H and O–H groups in total. The van der Waals surface area contributed by atoms with E-state index in [0.717, 1.165) is 19.1 Å². The number of nitrogens with zero attached hydrogens (tertiary/aromatic N) is 1. The molecule has 1 saturated carbocycles. The molecule has 0 aliphatic heterocycles. The lowest BCUT2D eigenvalue weighted by atomic mass is 10.2. The minimum absolute atomic E-state index is 0.0813. The summed E-state index contributed by atoms with van der Waals surface area (Å²) in [6.07, 6.45) is 2.65. The fourth-order valence-corrected chi connectivity index (χ4v) is 3.17. The number of benzene rings is 1. The Balaban J connectivity index is 2.04. The highest BCUT2D eigenvalue weighted by Gasteiger charge is 2.36. The number of carbonyl (C=O) groups excluding carboxylic acids is 2. The monoisotopic (exact) mass is 326 g/mol. The van der Waals surface area contributed by atoms with E-state index in [9.17, 15) is 18.0 Å². The third-order valence-corrected chi connectivity index (χ3v) is 4.53. The molecule has 0 aromatic heterocycles. The SMILES string of the molecule is COC(=O)c1cccc(NC(=O)CN(C2CC2)S(C)(=O)=O)c1. The molecule has 0 unspecified atom stereocenters. The van der Waals surface area contributed by atoms with Crippen LogP contribution in [0.3, 0.4) is 0 Å². The number of hydrogen-bond donors (Lipinski definition) is 1. The van der Waals surface area contributed by atoms with Crippen molar-refractivity contribution < 1.29 is 22.7 Å². The summed E-state index contributed by atoms with van der Waals surface area (Å²) in [5.74, 6) is -0.953. The summed E-state index contributed by atoms with van der Waals surface area (Å²) in [7, 11) is -2.15. The molecule has 0 radical (unpaired) electrons. The number of amides is 1. The zero-order chi connectivity index (χ0) is 16.3. The summed E-state index contributed by atoms with van der Waals surface area (Å²) >= 11 is 0. The molecule has 1 aromatic rings. The van der Waals surface area contributed by atoms with Crippen molar-refractivity contribution in [2.75, 3.05) is 25.2 Å². The molecule has 1 amide bonds. The second-order valence-electron chi connectivity index (χ2n) is 5.16. The van der Waals surface area contributed by atoms with Crippen LogP contribution >= 0.6 is 0 Å². The number of sulfonamides is 1. The van der Waals surface area contributed by atoms with E-state index < -0.39 is 21.9 Å². The van der Waals surface area contributed by atoms with Crippen molar-refractivity contribution in [3.05, 3.63) is 29.8 Å². The summed E-state index contributed by atoms with van der Waals surface area (Å²) in [6.45, 7) is -0.230. The molecule has 7 nitrogen and oxygen atoms in total. The molecule has 22 heavy (non-hydrogen) atoms. The van der Waals surface area contributed by atoms with Crippen molar-refractivity contribution in [2.24, 2.45) is 0 Å². The van der Waals surface area contributed by atoms with Crippen LogP contribution in [0.25, 0.3) is 0 Å². The van der Waals surface area contributed by atoms with Gasteiger partial charge in [0, 0.05) is 11.7 Å². The summed E-state index contributed by atoms with van der Waals surface area (Å²) in [6, 6.07) is 6.19. The predicted octanol–water partition coefficient (Wildman–Crippen LogP) is 0.836. The van der Waals surface area contributed by atoms with Crippen molar-refractivity contribution >= 4 is 27.6 Å². The largest absolute Gasteiger partial charge is 0.465 e. The number of nitrogens with one attached hydrogen (secondary N) is 1. The summed E-state index contributed by atoms with van der Waals surface area (Å²) in [5, 5.41) is 2.59. The van der Waals surface area contributed by atoms with Gasteiger partial charge >= 0.3 is 5.97 Å². The zero-order valence-corrected chi connectivity index (χ0v) is 13.2. The second-order valence-corrected chi connectivity index (χ2v) is 7.10. The van der Waals surface area contributed by atoms with Gasteiger partial charge in [-0.15, -0.1) is 0 Å². The molecular formula is C14H18N2O5S. The first-order valence-corrected chi connectivity index (χ1v) is 8.61. The van der Waals surface area contributed by atoms with E-state index in [4.69, 9.17) is 0 Å². The van der Waals surface area contributed by atoms with Crippen LogP contribution in [0.15, 0.2) is 24.3 Å². The third kappa shape index (κ3) is 4.28. The molecule has 1 aliphatic carbocycles. The fourth-order valence-electron chi connectivity index (χ4n) is 2.06. The van der Waals surface area contributed by atoms with Crippen LogP contribution in [0.2, 0.25) is 0 Å². The van der Waals surface area contributed by atoms with Crippen molar-refractivity contribution in [3.63, 3.8) is 0 Å². The number of rotatable bonds is 6. The molecule has 8 heteroatoms. The smallest absolute Gasteiger partial charge is 0.337 e. The van der Waals surface area contributed by atoms with Crippen LogP contribution < -0.4 is 5.32 Å². The summed E-state index contributed by atoms with van der Waals surface area (Å²) in [4.78, 5) is 23.5. The first-order valence-electron chi connectivity index (χ1n) is 6.76. The Hall–Kier alpha value is -1.93. The number of methoxy groups -OCH3 is 1. The standard InChI is InChI=1S/C14H18N2O5S/c1-21-14(18)10-4-3-5-11(8-10)15-13(17)9-16(12-6-7-12)22(2,19)20/h3-5,8,12H,6-7,9H2,1-2H3,(H,15,17). The lowest BCUT2D eigenvalue weighted by Crippen LogP contribution is -2.38. The van der Waals surface area contributed by atoms with Gasteiger partial charge in [0.15, 0.2) is 0 Å². The molecule has 0 spiro atoms. The maximum absolute atomic E-state index is 12.0. The second kappa shape index (κ2) is 6.45. The molecular weight excluding hydrogens is 308 g/mol. The Kier molecular flexibility index (Phi) is 4.82. The van der Waals surface area contributed by atoms with Crippen LogP contribution in [0.1, 0.15) is 23.2 Å². The highest BCUT2D eigenvalue weighted by atomic mass is 32.2. The quantitative estimate of drug-likeness (QED) is 0.782. The molecule has 0 atom stereocenters. The van der Waals surface area contributed by atoms with Crippen LogP contribution in [0.4, 0.5) is 5.69 Å². The summed E-state index contributed by atoms with van der Waals surface area (Å²) < 4.78 is 29.1. The molecule has 1 aromatic carbocycles. The summed E-state index contributed by atoms with van der Waals surface area (Å²) in [5.41, 5.74) is 0.722. The van der Waals surface area contributed by atoms with Gasteiger partial charge in [0.1, 0.15) is 0 Å². The van der Waals surface area contributed by atoms with E-state index in [0.29, 0.717) is 11.3 Å². The Morgan fingerprint density at radius 1 is 1.36 bits per heavy atom. The average molecular weight is 326 g/mol. The first-order chi connectivity index (χ1) is 10.3. The van der Waals surface area contributed by atoms with Gasteiger partial charge in [-0.2, -0.15) is 4.31 Å². The lowest BCUT2D eigenvalue weighted by molar-refractivity contribution is -0.116. The molecule has 1 fully saturated rings. The van der Waals surface area contributed by atoms with E-state index in [-0.39, 0.29) is 12.6 Å². The van der Waals surface area contributed by atoms with Gasteiger partial charge in [-0.25, -0.2) is 13.2 Å². The minimum Gasteiger partial charge on any atom is -0.465 e. The highest BCUT2D eigenvalue weighted by Crippen LogP contribution is 2.28. The van der Waals surface area contributed by atoms with Crippen LogP contribution in [-0.2, 0) is 19.6 Å². The van der Waals surface area contributed by atoms with Crippen LogP contribution in [0.5, 0.6) is 0 Å². The minimum atomic E-state index is -3.42. The van der Waals surface area contributed by atoms with Gasteiger partial charge in [-0.1, -0.05) is 6.07 Å². The predicted molar refractivity (Wildman–Crippen MR) is 81.0 cm³/mol. The first kappa shape index (κ1) is 16.4. The average Bonchev–Trinajstić information content (AvgIpc) is 3.27. The van der Waals surface area contributed by atoms with Crippen LogP contribution in [0, 0.1) is 0 Å². The fraction of sp³-hybridized carbons (Fsp3) is 0.429. The molecule has 120 valence electrons. The van der Waals surface area contributed by atoms with E-state index in [1.165, 1.54) is 17.5 Å². The molecule has 0 heterocycles. The maximum Gasteiger partial charge on any atom is 0.337 e. The van der Waals surface area contributed by atoms with Crippen molar-refractivity contribution in [1.29, 1.82) is 0 Å². The Labute approximate surface area is 129 Å². The Morgan fingerprint density at radius 2 is 2.05 bits per heavy atom. The molecule has 2 rings (SSSR count). The lowest BCUT2D eigenvalue weighted by Gasteiger charge is -2.18. The number of anilines is 1. The number of ether oxygens (including phenoxy) is 1. The van der Waals surface area contributed by atoms with Crippen molar-refractivity contribution in [2.45, 2.75) is 18.9 Å². The van der Waals surface area contributed by atoms with Gasteiger partial charge < -0.3 is 10.1 Å². The Morgan fingerprint density at radius 3 is 2.59 bits per heavy atom. The van der Waals surface area contributed by atoms with Gasteiger partial charge in [-0.05, 0) is 31.0 Å². The van der Waals surface area contributed by atoms with Crippen LogP contribution in [-0.4, -0.2) is 50.6 Å². The van der Waals surface area contributed by atoms with Crippen molar-refractivity contribution in [1.82, 2.24) is 4.31 Å². The normalized spacial score (nSPS) is 14.7. The van der Waals surface area contributed by atoms with Gasteiger partial charge in [-0.3, -0.25) is 4.79 Å². The molecule has 0 bridgehead atoms. The van der Waals surface area contributed by atoms with E-state index in [2.05, 4.69) is 10.1 Å². The van der Waals surface area contributed by atoms with Crippen molar-refractivity contribution in [3.8, 4) is 0 Å². The van der Waals surface area contributed by atoms with E-state index in [1.54, 1.807) is 18.2 Å². The molecule has 1 aliphatic rings. The highest BCUT2D eigenvalue weighted by molar-refractivity contribution is 7.88. The number of esters is 1. The molecule has 0 saturated heterocycles. The third-order valence-electron chi connectivity index (χ3n) is 3.25.